The summed E-state index contributed by atoms with van der Waals surface area (Å²) in [7, 11) is 0. The summed E-state index contributed by atoms with van der Waals surface area (Å²) in [6.07, 6.45) is 2.82. The molecular weight excluding hydrogens is 240 g/mol. The van der Waals surface area contributed by atoms with Crippen molar-refractivity contribution in [3.63, 3.8) is 0 Å². The Bertz CT molecular complexity index is 424. The van der Waals surface area contributed by atoms with Gasteiger partial charge in [-0.2, -0.15) is 0 Å². The van der Waals surface area contributed by atoms with E-state index in [9.17, 15) is 4.79 Å². The summed E-state index contributed by atoms with van der Waals surface area (Å²) in [4.78, 5) is 10.8. The van der Waals surface area contributed by atoms with Crippen LogP contribution in [0.5, 0.6) is 5.75 Å². The largest absolute Gasteiger partial charge is 0.494 e. The van der Waals surface area contributed by atoms with Gasteiger partial charge in [0.05, 0.1) is 12.5 Å². The predicted octanol–water partition coefficient (Wildman–Crippen LogP) is 3.69. The van der Waals surface area contributed by atoms with E-state index in [2.05, 4.69) is 26.0 Å². The molecule has 1 N–H and O–H groups in total. The summed E-state index contributed by atoms with van der Waals surface area (Å²) in [5.41, 5.74) is 1.26. The van der Waals surface area contributed by atoms with Crippen LogP contribution < -0.4 is 4.74 Å². The molecule has 1 fully saturated rings. The summed E-state index contributed by atoms with van der Waals surface area (Å²) >= 11 is 0. The van der Waals surface area contributed by atoms with Crippen molar-refractivity contribution in [3.8, 4) is 5.75 Å². The standard InChI is InChI=1S/C16H22O3/c1-3-8-19-14-6-4-12(5-7-14)11(2)9-13-10-15(13)16(17)18/h4-7,11,13,15H,3,8-10H2,1-2H3,(H,17,18). The number of carboxylic acids is 1. The molecule has 19 heavy (non-hydrogen) atoms. The number of hydrogen-bond acceptors (Lipinski definition) is 2. The van der Waals surface area contributed by atoms with E-state index in [1.165, 1.54) is 5.56 Å². The molecule has 3 nitrogen and oxygen atoms in total. The maximum atomic E-state index is 10.8. The molecule has 1 aliphatic rings. The lowest BCUT2D eigenvalue weighted by molar-refractivity contribution is -0.138. The minimum Gasteiger partial charge on any atom is -0.494 e. The van der Waals surface area contributed by atoms with Crippen LogP contribution in [-0.4, -0.2) is 17.7 Å². The molecule has 0 radical (unpaired) electrons. The van der Waals surface area contributed by atoms with Crippen molar-refractivity contribution in [2.24, 2.45) is 11.8 Å². The third-order valence-electron chi connectivity index (χ3n) is 3.82. The first kappa shape index (κ1) is 13.9. The van der Waals surface area contributed by atoms with Crippen LogP contribution in [0.2, 0.25) is 0 Å². The van der Waals surface area contributed by atoms with Crippen molar-refractivity contribution in [2.45, 2.75) is 39.0 Å². The maximum Gasteiger partial charge on any atom is 0.306 e. The molecule has 0 heterocycles. The molecule has 3 unspecified atom stereocenters. The Balaban J connectivity index is 1.86. The van der Waals surface area contributed by atoms with Crippen molar-refractivity contribution >= 4 is 5.97 Å². The molecule has 0 aliphatic heterocycles. The number of carboxylic acid groups (broad SMARTS) is 1. The van der Waals surface area contributed by atoms with Gasteiger partial charge in [0.15, 0.2) is 0 Å². The lowest BCUT2D eigenvalue weighted by atomic mass is 9.95. The summed E-state index contributed by atoms with van der Waals surface area (Å²) in [6, 6.07) is 8.19. The zero-order valence-corrected chi connectivity index (χ0v) is 11.6. The second-order valence-electron chi connectivity index (χ2n) is 5.49. The van der Waals surface area contributed by atoms with Gasteiger partial charge in [0.2, 0.25) is 0 Å². The van der Waals surface area contributed by atoms with Gasteiger partial charge in [-0.25, -0.2) is 0 Å². The van der Waals surface area contributed by atoms with Gasteiger partial charge in [-0.1, -0.05) is 26.0 Å². The van der Waals surface area contributed by atoms with Crippen molar-refractivity contribution in [3.05, 3.63) is 29.8 Å². The number of rotatable bonds is 7. The first-order valence-electron chi connectivity index (χ1n) is 7.07. The molecule has 1 saturated carbocycles. The van der Waals surface area contributed by atoms with E-state index in [1.54, 1.807) is 0 Å². The molecule has 104 valence electrons. The highest BCUT2D eigenvalue weighted by Crippen LogP contribution is 2.45. The highest BCUT2D eigenvalue weighted by molar-refractivity contribution is 5.73. The van der Waals surface area contributed by atoms with Crippen LogP contribution in [0.25, 0.3) is 0 Å². The van der Waals surface area contributed by atoms with Gasteiger partial charge in [-0.15, -0.1) is 0 Å². The van der Waals surface area contributed by atoms with E-state index in [0.29, 0.717) is 11.8 Å². The highest BCUT2D eigenvalue weighted by Gasteiger charge is 2.43. The molecule has 0 saturated heterocycles. The summed E-state index contributed by atoms with van der Waals surface area (Å²) < 4.78 is 5.55. The first-order valence-corrected chi connectivity index (χ1v) is 7.07. The van der Waals surface area contributed by atoms with Crippen LogP contribution in [0.15, 0.2) is 24.3 Å². The summed E-state index contributed by atoms with van der Waals surface area (Å²) in [6.45, 7) is 5.00. The zero-order chi connectivity index (χ0) is 13.8. The van der Waals surface area contributed by atoms with Gasteiger partial charge in [0.1, 0.15) is 5.75 Å². The third-order valence-corrected chi connectivity index (χ3v) is 3.82. The fourth-order valence-corrected chi connectivity index (χ4v) is 2.51. The van der Waals surface area contributed by atoms with E-state index in [1.807, 2.05) is 12.1 Å². The Hall–Kier alpha value is -1.51. The van der Waals surface area contributed by atoms with E-state index in [-0.39, 0.29) is 5.92 Å². The van der Waals surface area contributed by atoms with Crippen molar-refractivity contribution < 1.29 is 14.6 Å². The Morgan fingerprint density at radius 3 is 2.63 bits per heavy atom. The second-order valence-corrected chi connectivity index (χ2v) is 5.49. The summed E-state index contributed by atoms with van der Waals surface area (Å²) in [5.74, 6) is 0.945. The van der Waals surface area contributed by atoms with Crippen LogP contribution in [0, 0.1) is 11.8 Å². The smallest absolute Gasteiger partial charge is 0.306 e. The van der Waals surface area contributed by atoms with E-state index in [0.717, 1.165) is 31.6 Å². The predicted molar refractivity (Wildman–Crippen MR) is 74.5 cm³/mol. The van der Waals surface area contributed by atoms with Crippen molar-refractivity contribution in [2.75, 3.05) is 6.61 Å². The fraction of sp³-hybridized carbons (Fsp3) is 0.562. The van der Waals surface area contributed by atoms with E-state index >= 15 is 0 Å². The van der Waals surface area contributed by atoms with Gasteiger partial charge >= 0.3 is 5.97 Å². The third kappa shape index (κ3) is 3.72. The SMILES string of the molecule is CCCOc1ccc(C(C)CC2CC2C(=O)O)cc1. The lowest BCUT2D eigenvalue weighted by Gasteiger charge is -2.12. The van der Waals surface area contributed by atoms with Gasteiger partial charge in [0, 0.05) is 0 Å². The van der Waals surface area contributed by atoms with Gasteiger partial charge in [-0.3, -0.25) is 4.79 Å². The topological polar surface area (TPSA) is 46.5 Å². The number of aliphatic carboxylic acids is 1. The number of ether oxygens (including phenoxy) is 1. The summed E-state index contributed by atoms with van der Waals surface area (Å²) in [5, 5.41) is 8.91. The zero-order valence-electron chi connectivity index (χ0n) is 11.6. The van der Waals surface area contributed by atoms with Crippen LogP contribution in [0.3, 0.4) is 0 Å². The molecule has 1 aromatic rings. The van der Waals surface area contributed by atoms with E-state index < -0.39 is 5.97 Å². The Labute approximate surface area is 114 Å². The lowest BCUT2D eigenvalue weighted by Crippen LogP contribution is -2.02. The monoisotopic (exact) mass is 262 g/mol. The average molecular weight is 262 g/mol. The fourth-order valence-electron chi connectivity index (χ4n) is 2.51. The molecule has 1 aliphatic carbocycles. The molecule has 0 bridgehead atoms. The molecule has 0 amide bonds. The Morgan fingerprint density at radius 2 is 2.11 bits per heavy atom. The maximum absolute atomic E-state index is 10.8. The van der Waals surface area contributed by atoms with Gasteiger partial charge in [-0.05, 0) is 48.8 Å². The number of hydrogen-bond donors (Lipinski definition) is 1. The molecule has 3 heteroatoms. The average Bonchev–Trinajstić information content (AvgIpc) is 3.16. The van der Waals surface area contributed by atoms with Crippen LogP contribution in [-0.2, 0) is 4.79 Å². The van der Waals surface area contributed by atoms with Crippen molar-refractivity contribution in [1.82, 2.24) is 0 Å². The molecule has 1 aromatic carbocycles. The van der Waals surface area contributed by atoms with Crippen LogP contribution in [0.4, 0.5) is 0 Å². The number of carbonyl (C=O) groups is 1. The molecule has 0 aromatic heterocycles. The van der Waals surface area contributed by atoms with E-state index in [4.69, 9.17) is 9.84 Å². The number of benzene rings is 1. The molecule has 3 atom stereocenters. The normalized spacial score (nSPS) is 22.8. The van der Waals surface area contributed by atoms with Gasteiger partial charge in [0.25, 0.3) is 0 Å². The molecule has 2 rings (SSSR count). The van der Waals surface area contributed by atoms with Crippen molar-refractivity contribution in [1.29, 1.82) is 0 Å². The molecular formula is C16H22O3. The minimum absolute atomic E-state index is 0.102. The Morgan fingerprint density at radius 1 is 1.42 bits per heavy atom. The first-order chi connectivity index (χ1) is 9.11. The quantitative estimate of drug-likeness (QED) is 0.815. The molecule has 0 spiro atoms. The van der Waals surface area contributed by atoms with Crippen LogP contribution >= 0.6 is 0 Å². The Kier molecular flexibility index (Phi) is 4.46. The second kappa shape index (κ2) is 6.09. The van der Waals surface area contributed by atoms with Gasteiger partial charge < -0.3 is 9.84 Å². The minimum atomic E-state index is -0.638. The highest BCUT2D eigenvalue weighted by atomic mass is 16.5. The van der Waals surface area contributed by atoms with Crippen LogP contribution in [0.1, 0.15) is 44.6 Å².